The predicted molar refractivity (Wildman–Crippen MR) is 142 cm³/mol. The van der Waals surface area contributed by atoms with Crippen molar-refractivity contribution in [1.82, 2.24) is 5.32 Å². The Hall–Kier alpha value is -3.13. The van der Waals surface area contributed by atoms with Crippen molar-refractivity contribution >= 4 is 57.8 Å². The molecule has 0 spiro atoms. The lowest BCUT2D eigenvalue weighted by Crippen LogP contribution is -2.19. The fraction of sp³-hybridized carbons (Fsp3) is 0.154. The molecule has 0 aliphatic carbocycles. The number of carbonyl (C=O) groups excluding carboxylic acids is 1. The van der Waals surface area contributed by atoms with Crippen molar-refractivity contribution in [2.24, 2.45) is 4.99 Å². The second kappa shape index (κ2) is 11.5. The third-order valence-electron chi connectivity index (χ3n) is 4.89. The summed E-state index contributed by atoms with van der Waals surface area (Å²) in [7, 11) is 1.57. The molecule has 1 amide bonds. The fourth-order valence-electron chi connectivity index (χ4n) is 3.22. The number of hydrogen-bond donors (Lipinski definition) is 1. The van der Waals surface area contributed by atoms with E-state index in [0.717, 1.165) is 22.6 Å². The molecule has 0 aromatic heterocycles. The van der Waals surface area contributed by atoms with Gasteiger partial charge in [-0.2, -0.15) is 0 Å². The normalized spacial score (nSPS) is 15.4. The molecule has 1 N–H and O–H groups in total. The monoisotopic (exact) mass is 528 g/mol. The summed E-state index contributed by atoms with van der Waals surface area (Å²) < 4.78 is 16.8. The lowest BCUT2D eigenvalue weighted by Gasteiger charge is -2.12. The standard InChI is InChI=1S/C26H22Cl2N2O4S/c1-3-33-19-8-6-18(7-9-19)29-26-30-25(31)24(35-26)14-16-5-11-22(23(13-16)32-2)34-15-17-4-10-20(27)21(28)12-17/h4-14H,3,15H2,1-2H3,(H,29,30,31)/b24-14+. The van der Waals surface area contributed by atoms with Crippen molar-refractivity contribution in [1.29, 1.82) is 0 Å². The summed E-state index contributed by atoms with van der Waals surface area (Å²) in [5.74, 6) is 1.69. The van der Waals surface area contributed by atoms with Gasteiger partial charge in [-0.3, -0.25) is 4.79 Å². The van der Waals surface area contributed by atoms with Crippen LogP contribution in [0.15, 0.2) is 70.6 Å². The van der Waals surface area contributed by atoms with Crippen LogP contribution < -0.4 is 19.5 Å². The number of benzene rings is 3. The zero-order valence-electron chi connectivity index (χ0n) is 19.0. The highest BCUT2D eigenvalue weighted by atomic mass is 35.5. The van der Waals surface area contributed by atoms with Gasteiger partial charge in [-0.1, -0.05) is 35.3 Å². The highest BCUT2D eigenvalue weighted by molar-refractivity contribution is 8.18. The number of aliphatic imine (C=N–C) groups is 1. The van der Waals surface area contributed by atoms with E-state index in [2.05, 4.69) is 10.3 Å². The Bertz CT molecular complexity index is 1290. The van der Waals surface area contributed by atoms with E-state index < -0.39 is 0 Å². The quantitative estimate of drug-likeness (QED) is 0.323. The zero-order chi connectivity index (χ0) is 24.8. The van der Waals surface area contributed by atoms with Gasteiger partial charge in [0, 0.05) is 0 Å². The number of ether oxygens (including phenoxy) is 3. The van der Waals surface area contributed by atoms with Gasteiger partial charge in [0.2, 0.25) is 0 Å². The summed E-state index contributed by atoms with van der Waals surface area (Å²) in [6.45, 7) is 2.83. The molecule has 0 atom stereocenters. The Balaban J connectivity index is 1.45. The van der Waals surface area contributed by atoms with Crippen LogP contribution >= 0.6 is 35.0 Å². The lowest BCUT2D eigenvalue weighted by molar-refractivity contribution is -0.115. The number of thioether (sulfide) groups is 1. The maximum absolute atomic E-state index is 12.5. The molecule has 0 bridgehead atoms. The molecule has 1 saturated heterocycles. The number of carbonyl (C=O) groups is 1. The smallest absolute Gasteiger partial charge is 0.264 e. The number of nitrogens with zero attached hydrogens (tertiary/aromatic N) is 1. The molecule has 0 radical (unpaired) electrons. The lowest BCUT2D eigenvalue weighted by atomic mass is 10.2. The molecule has 6 nitrogen and oxygen atoms in total. The molecule has 1 heterocycles. The number of methoxy groups -OCH3 is 1. The third-order valence-corrected chi connectivity index (χ3v) is 6.54. The summed E-state index contributed by atoms with van der Waals surface area (Å²) in [5, 5.41) is 4.27. The van der Waals surface area contributed by atoms with Gasteiger partial charge in [0.25, 0.3) is 5.91 Å². The van der Waals surface area contributed by atoms with Crippen LogP contribution in [0.2, 0.25) is 10.0 Å². The molecule has 1 aliphatic rings. The Morgan fingerprint density at radius 1 is 0.971 bits per heavy atom. The summed E-state index contributed by atoms with van der Waals surface area (Å²) in [5.41, 5.74) is 2.40. The first-order valence-electron chi connectivity index (χ1n) is 10.7. The van der Waals surface area contributed by atoms with Crippen LogP contribution in [-0.4, -0.2) is 24.8 Å². The molecule has 3 aromatic carbocycles. The minimum absolute atomic E-state index is 0.210. The average Bonchev–Trinajstić information content (AvgIpc) is 3.19. The topological polar surface area (TPSA) is 69.2 Å². The number of hydrogen-bond acceptors (Lipinski definition) is 6. The van der Waals surface area contributed by atoms with Gasteiger partial charge in [-0.25, -0.2) is 4.99 Å². The Kier molecular flexibility index (Phi) is 8.23. The summed E-state index contributed by atoms with van der Waals surface area (Å²) >= 11 is 13.3. The molecule has 4 rings (SSSR count). The van der Waals surface area contributed by atoms with Crippen molar-refractivity contribution in [3.05, 3.63) is 86.7 Å². The molecular weight excluding hydrogens is 507 g/mol. The van der Waals surface area contributed by atoms with Crippen LogP contribution in [0.25, 0.3) is 6.08 Å². The van der Waals surface area contributed by atoms with Crippen LogP contribution in [0.4, 0.5) is 5.69 Å². The highest BCUT2D eigenvalue weighted by Crippen LogP contribution is 2.33. The van der Waals surface area contributed by atoms with Gasteiger partial charge in [0.05, 0.1) is 34.4 Å². The van der Waals surface area contributed by atoms with Crippen LogP contribution in [0.1, 0.15) is 18.1 Å². The van der Waals surface area contributed by atoms with Gasteiger partial charge < -0.3 is 19.5 Å². The van der Waals surface area contributed by atoms with Crippen LogP contribution in [0.3, 0.4) is 0 Å². The number of rotatable bonds is 8. The molecule has 0 saturated carbocycles. The molecular formula is C26H22Cl2N2O4S. The summed E-state index contributed by atoms with van der Waals surface area (Å²) in [6, 6.07) is 18.2. The van der Waals surface area contributed by atoms with Gasteiger partial charge in [0.15, 0.2) is 16.7 Å². The second-order valence-corrected chi connectivity index (χ2v) is 9.20. The van der Waals surface area contributed by atoms with Crippen molar-refractivity contribution in [3.63, 3.8) is 0 Å². The van der Waals surface area contributed by atoms with Crippen molar-refractivity contribution in [3.8, 4) is 17.2 Å². The SMILES string of the molecule is CCOc1ccc(N=C2NC(=O)/C(=C\c3ccc(OCc4ccc(Cl)c(Cl)c4)c(OC)c3)S2)cc1. The van der Waals surface area contributed by atoms with Crippen molar-refractivity contribution < 1.29 is 19.0 Å². The predicted octanol–water partition coefficient (Wildman–Crippen LogP) is 6.87. The molecule has 1 fully saturated rings. The maximum Gasteiger partial charge on any atom is 0.264 e. The van der Waals surface area contributed by atoms with E-state index in [1.165, 1.54) is 11.8 Å². The molecule has 1 aliphatic heterocycles. The van der Waals surface area contributed by atoms with Gasteiger partial charge in [-0.05, 0) is 84.4 Å². The van der Waals surface area contributed by atoms with Gasteiger partial charge >= 0.3 is 0 Å². The van der Waals surface area contributed by atoms with E-state index in [-0.39, 0.29) is 5.91 Å². The molecule has 0 unspecified atom stereocenters. The van der Waals surface area contributed by atoms with Crippen LogP contribution in [0.5, 0.6) is 17.2 Å². The summed E-state index contributed by atoms with van der Waals surface area (Å²) in [4.78, 5) is 17.5. The summed E-state index contributed by atoms with van der Waals surface area (Å²) in [6.07, 6.45) is 1.78. The molecule has 180 valence electrons. The second-order valence-electron chi connectivity index (χ2n) is 7.36. The van der Waals surface area contributed by atoms with Gasteiger partial charge in [0.1, 0.15) is 12.4 Å². The average molecular weight is 529 g/mol. The fourth-order valence-corrected chi connectivity index (χ4v) is 4.38. The Morgan fingerprint density at radius 2 is 1.77 bits per heavy atom. The first-order chi connectivity index (χ1) is 16.9. The first kappa shape index (κ1) is 25.0. The Labute approximate surface area is 217 Å². The minimum atomic E-state index is -0.210. The van der Waals surface area contributed by atoms with Crippen molar-refractivity contribution in [2.75, 3.05) is 13.7 Å². The largest absolute Gasteiger partial charge is 0.494 e. The van der Waals surface area contributed by atoms with E-state index >= 15 is 0 Å². The first-order valence-corrected chi connectivity index (χ1v) is 12.3. The number of amides is 1. The van der Waals surface area contributed by atoms with Crippen LogP contribution in [-0.2, 0) is 11.4 Å². The van der Waals surface area contributed by atoms with Crippen LogP contribution in [0, 0.1) is 0 Å². The third kappa shape index (κ3) is 6.51. The van der Waals surface area contributed by atoms with Crippen molar-refractivity contribution in [2.45, 2.75) is 13.5 Å². The Morgan fingerprint density at radius 3 is 2.49 bits per heavy atom. The zero-order valence-corrected chi connectivity index (χ0v) is 21.3. The molecule has 35 heavy (non-hydrogen) atoms. The van der Waals surface area contributed by atoms with E-state index in [9.17, 15) is 4.79 Å². The van der Waals surface area contributed by atoms with E-state index in [1.54, 1.807) is 31.4 Å². The molecule has 3 aromatic rings. The van der Waals surface area contributed by atoms with E-state index in [0.29, 0.717) is 44.8 Å². The maximum atomic E-state index is 12.5. The highest BCUT2D eigenvalue weighted by Gasteiger charge is 2.24. The van der Waals surface area contributed by atoms with E-state index in [1.807, 2.05) is 49.4 Å². The molecule has 9 heteroatoms. The number of halogens is 2. The minimum Gasteiger partial charge on any atom is -0.494 e. The van der Waals surface area contributed by atoms with E-state index in [4.69, 9.17) is 37.4 Å². The number of amidine groups is 1. The number of nitrogens with one attached hydrogen (secondary N) is 1. The van der Waals surface area contributed by atoms with Gasteiger partial charge in [-0.15, -0.1) is 0 Å².